The van der Waals surface area contributed by atoms with Gasteiger partial charge in [-0.05, 0) is 24.3 Å². The van der Waals surface area contributed by atoms with Crippen molar-refractivity contribution >= 4 is 32.9 Å². The number of aromatic nitrogens is 1. The Hall–Kier alpha value is -2.13. The summed E-state index contributed by atoms with van der Waals surface area (Å²) < 4.78 is 52.7. The number of rotatable bonds is 4. The molecule has 0 aliphatic heterocycles. The molecule has 1 heterocycles. The van der Waals surface area contributed by atoms with E-state index < -0.39 is 21.7 Å². The van der Waals surface area contributed by atoms with Gasteiger partial charge >= 0.3 is 0 Å². The van der Waals surface area contributed by atoms with Gasteiger partial charge in [-0.2, -0.15) is 0 Å². The molecule has 2 aromatic rings. The molecule has 0 saturated carbocycles. The van der Waals surface area contributed by atoms with Crippen molar-refractivity contribution in [2.75, 3.05) is 4.72 Å². The van der Waals surface area contributed by atoms with Crippen molar-refractivity contribution in [3.63, 3.8) is 0 Å². The van der Waals surface area contributed by atoms with Gasteiger partial charge in [0, 0.05) is 12.3 Å². The lowest BCUT2D eigenvalue weighted by Crippen LogP contribution is -2.21. The monoisotopic (exact) mass is 329 g/mol. The smallest absolute Gasteiger partial charge is 0.264 e. The lowest BCUT2D eigenvalue weighted by atomic mass is 10.3. The van der Waals surface area contributed by atoms with Crippen molar-refractivity contribution in [2.45, 2.75) is 4.90 Å². The van der Waals surface area contributed by atoms with Crippen molar-refractivity contribution in [2.24, 2.45) is 5.73 Å². The van der Waals surface area contributed by atoms with Gasteiger partial charge < -0.3 is 5.73 Å². The maximum atomic E-state index is 13.1. The van der Waals surface area contributed by atoms with E-state index in [4.69, 9.17) is 18.0 Å². The van der Waals surface area contributed by atoms with Crippen molar-refractivity contribution < 1.29 is 17.2 Å². The quantitative estimate of drug-likeness (QED) is 0.836. The lowest BCUT2D eigenvalue weighted by Gasteiger charge is -2.11. The highest BCUT2D eigenvalue weighted by Gasteiger charge is 2.21. The summed E-state index contributed by atoms with van der Waals surface area (Å²) in [4.78, 5) is 3.30. The van der Waals surface area contributed by atoms with E-state index in [0.717, 1.165) is 12.1 Å². The van der Waals surface area contributed by atoms with Gasteiger partial charge in [0.15, 0.2) is 0 Å². The number of hydrogen-bond donors (Lipinski definition) is 2. The minimum atomic E-state index is -4.14. The SMILES string of the molecule is NC(=S)c1ncccc1S(=O)(=O)Nc1cc(F)cc(F)c1. The zero-order chi connectivity index (χ0) is 15.6. The summed E-state index contributed by atoms with van der Waals surface area (Å²) in [6.45, 7) is 0. The number of hydrogen-bond acceptors (Lipinski definition) is 4. The Bertz CT molecular complexity index is 790. The van der Waals surface area contributed by atoms with Gasteiger partial charge in [-0.1, -0.05) is 12.2 Å². The predicted molar refractivity (Wildman–Crippen MR) is 77.3 cm³/mol. The molecule has 110 valence electrons. The average Bonchev–Trinajstić information content (AvgIpc) is 2.36. The van der Waals surface area contributed by atoms with Gasteiger partial charge in [-0.25, -0.2) is 17.2 Å². The zero-order valence-electron chi connectivity index (χ0n) is 10.4. The molecule has 0 atom stereocenters. The first-order valence-corrected chi connectivity index (χ1v) is 7.42. The molecule has 0 bridgehead atoms. The molecule has 0 fully saturated rings. The largest absolute Gasteiger partial charge is 0.388 e. The van der Waals surface area contributed by atoms with Crippen molar-refractivity contribution in [1.29, 1.82) is 0 Å². The number of halogens is 2. The molecule has 21 heavy (non-hydrogen) atoms. The molecular weight excluding hydrogens is 320 g/mol. The standard InChI is InChI=1S/C12H9F2N3O2S2/c13-7-4-8(14)6-9(5-7)17-21(18,19)10-2-1-3-16-11(10)12(15)20/h1-6,17H,(H2,15,20). The number of thiocarbonyl (C=S) groups is 1. The number of pyridine rings is 1. The Kier molecular flexibility index (Phi) is 4.14. The van der Waals surface area contributed by atoms with Gasteiger partial charge in [0.25, 0.3) is 10.0 Å². The molecule has 0 saturated heterocycles. The summed E-state index contributed by atoms with van der Waals surface area (Å²) in [5.74, 6) is -1.82. The Balaban J connectivity index is 2.46. The highest BCUT2D eigenvalue weighted by molar-refractivity contribution is 7.93. The van der Waals surface area contributed by atoms with Crippen molar-refractivity contribution in [3.8, 4) is 0 Å². The van der Waals surface area contributed by atoms with Crippen LogP contribution in [0.4, 0.5) is 14.5 Å². The molecule has 9 heteroatoms. The second-order valence-corrected chi connectivity index (χ2v) is 6.07. The Morgan fingerprint density at radius 1 is 1.24 bits per heavy atom. The molecule has 0 amide bonds. The number of sulfonamides is 1. The van der Waals surface area contributed by atoms with Crippen LogP contribution < -0.4 is 10.5 Å². The van der Waals surface area contributed by atoms with Crippen LogP contribution in [0.25, 0.3) is 0 Å². The van der Waals surface area contributed by atoms with Gasteiger partial charge in [0.2, 0.25) is 0 Å². The van der Waals surface area contributed by atoms with E-state index in [2.05, 4.69) is 4.98 Å². The van der Waals surface area contributed by atoms with Crippen LogP contribution in [0.5, 0.6) is 0 Å². The summed E-state index contributed by atoms with van der Waals surface area (Å²) in [7, 11) is -4.14. The summed E-state index contributed by atoms with van der Waals surface area (Å²) in [6, 6.07) is 4.93. The normalized spacial score (nSPS) is 11.1. The van der Waals surface area contributed by atoms with Crippen LogP contribution >= 0.6 is 12.2 Å². The third-order valence-electron chi connectivity index (χ3n) is 2.41. The molecule has 1 aromatic carbocycles. The molecule has 3 N–H and O–H groups in total. The molecule has 0 radical (unpaired) electrons. The fraction of sp³-hybridized carbons (Fsp3) is 0. The minimum absolute atomic E-state index is 0.100. The average molecular weight is 329 g/mol. The van der Waals surface area contributed by atoms with Crippen LogP contribution in [-0.4, -0.2) is 18.4 Å². The molecule has 0 aliphatic carbocycles. The Labute approximate surface area is 124 Å². The number of benzene rings is 1. The third-order valence-corrected chi connectivity index (χ3v) is 4.01. The summed E-state index contributed by atoms with van der Waals surface area (Å²) in [6.07, 6.45) is 1.33. The summed E-state index contributed by atoms with van der Waals surface area (Å²) >= 11 is 4.73. The van der Waals surface area contributed by atoms with E-state index in [-0.39, 0.29) is 21.3 Å². The van der Waals surface area contributed by atoms with Crippen LogP contribution in [-0.2, 0) is 10.0 Å². The highest BCUT2D eigenvalue weighted by Crippen LogP contribution is 2.20. The fourth-order valence-corrected chi connectivity index (χ4v) is 3.06. The second-order valence-electron chi connectivity index (χ2n) is 3.98. The van der Waals surface area contributed by atoms with Crippen LogP contribution in [0.2, 0.25) is 0 Å². The number of anilines is 1. The first-order valence-electron chi connectivity index (χ1n) is 5.53. The van der Waals surface area contributed by atoms with E-state index in [0.29, 0.717) is 6.07 Å². The van der Waals surface area contributed by atoms with Gasteiger partial charge in [-0.15, -0.1) is 0 Å². The number of nitrogens with one attached hydrogen (secondary N) is 1. The molecule has 1 aromatic heterocycles. The van der Waals surface area contributed by atoms with E-state index in [1.165, 1.54) is 18.3 Å². The van der Waals surface area contributed by atoms with E-state index >= 15 is 0 Å². The highest BCUT2D eigenvalue weighted by atomic mass is 32.2. The first-order chi connectivity index (χ1) is 9.79. The van der Waals surface area contributed by atoms with Crippen molar-refractivity contribution in [3.05, 3.63) is 53.9 Å². The van der Waals surface area contributed by atoms with Gasteiger partial charge in [0.05, 0.1) is 5.69 Å². The molecule has 5 nitrogen and oxygen atoms in total. The third kappa shape index (κ3) is 3.50. The second kappa shape index (κ2) is 5.70. The molecule has 0 aliphatic rings. The van der Waals surface area contributed by atoms with E-state index in [9.17, 15) is 17.2 Å². The maximum absolute atomic E-state index is 13.1. The fourth-order valence-electron chi connectivity index (χ4n) is 1.62. The first kappa shape index (κ1) is 15.3. The van der Waals surface area contributed by atoms with Crippen LogP contribution in [0.1, 0.15) is 5.69 Å². The van der Waals surface area contributed by atoms with Crippen LogP contribution in [0.3, 0.4) is 0 Å². The van der Waals surface area contributed by atoms with E-state index in [1.807, 2.05) is 4.72 Å². The number of nitrogens with zero attached hydrogens (tertiary/aromatic N) is 1. The lowest BCUT2D eigenvalue weighted by molar-refractivity contribution is 0.584. The molecule has 0 spiro atoms. The van der Waals surface area contributed by atoms with E-state index in [1.54, 1.807) is 0 Å². The van der Waals surface area contributed by atoms with Gasteiger partial charge in [0.1, 0.15) is 27.2 Å². The Morgan fingerprint density at radius 2 is 1.86 bits per heavy atom. The predicted octanol–water partition coefficient (Wildman–Crippen LogP) is 1.79. The van der Waals surface area contributed by atoms with Crippen molar-refractivity contribution in [1.82, 2.24) is 4.98 Å². The molecule has 2 rings (SSSR count). The summed E-state index contributed by atoms with van der Waals surface area (Å²) in [5, 5.41) is 0. The number of nitrogens with two attached hydrogens (primary N) is 1. The molecular formula is C12H9F2N3O2S2. The van der Waals surface area contributed by atoms with Gasteiger partial charge in [-0.3, -0.25) is 9.71 Å². The maximum Gasteiger partial charge on any atom is 0.264 e. The Morgan fingerprint density at radius 3 is 2.43 bits per heavy atom. The van der Waals surface area contributed by atoms with Crippen LogP contribution in [0, 0.1) is 11.6 Å². The molecule has 0 unspecified atom stereocenters. The van der Waals surface area contributed by atoms with Crippen LogP contribution in [0.15, 0.2) is 41.4 Å². The minimum Gasteiger partial charge on any atom is -0.388 e. The zero-order valence-corrected chi connectivity index (χ0v) is 12.0. The summed E-state index contributed by atoms with van der Waals surface area (Å²) in [5.41, 5.74) is 5.05. The topological polar surface area (TPSA) is 85.1 Å².